The third-order valence-electron chi connectivity index (χ3n) is 4.75. The largest absolute Gasteiger partial charge is 0.342 e. The topological polar surface area (TPSA) is 74.3 Å². The maximum atomic E-state index is 12.4. The lowest BCUT2D eigenvalue weighted by Crippen LogP contribution is -2.44. The van der Waals surface area contributed by atoms with Gasteiger partial charge in [0.05, 0.1) is 5.92 Å². The molecule has 2 fully saturated rings. The van der Waals surface area contributed by atoms with E-state index in [1.807, 2.05) is 24.0 Å². The Labute approximate surface area is 161 Å². The van der Waals surface area contributed by atoms with E-state index in [2.05, 4.69) is 15.6 Å². The van der Waals surface area contributed by atoms with Gasteiger partial charge in [-0.25, -0.2) is 4.98 Å². The monoisotopic (exact) mass is 388 g/mol. The number of halogens is 2. The molecule has 0 saturated carbocycles. The molecule has 140 valence electrons. The van der Waals surface area contributed by atoms with Crippen LogP contribution in [0.25, 0.3) is 0 Å². The number of anilines is 1. The molecule has 25 heavy (non-hydrogen) atoms. The van der Waals surface area contributed by atoms with Crippen LogP contribution in [-0.2, 0) is 9.59 Å². The molecule has 2 N–H and O–H groups in total. The second kappa shape index (κ2) is 9.94. The van der Waals surface area contributed by atoms with Crippen LogP contribution >= 0.6 is 24.8 Å². The van der Waals surface area contributed by atoms with Crippen molar-refractivity contribution in [3.63, 3.8) is 0 Å². The fourth-order valence-corrected chi connectivity index (χ4v) is 3.26. The van der Waals surface area contributed by atoms with E-state index in [0.717, 1.165) is 37.9 Å². The number of nitrogens with zero attached hydrogens (tertiary/aromatic N) is 2. The number of carbonyl (C=O) groups excluding carboxylic acids is 2. The maximum Gasteiger partial charge on any atom is 0.228 e. The molecule has 8 heteroatoms. The summed E-state index contributed by atoms with van der Waals surface area (Å²) < 4.78 is 0. The fraction of sp³-hybridized carbons (Fsp3) is 0.588. The van der Waals surface area contributed by atoms with Crippen LogP contribution in [0.5, 0.6) is 0 Å². The third kappa shape index (κ3) is 5.56. The molecule has 1 unspecified atom stereocenters. The number of aromatic nitrogens is 1. The summed E-state index contributed by atoms with van der Waals surface area (Å²) in [6, 6.07) is 3.75. The highest BCUT2D eigenvalue weighted by molar-refractivity contribution is 5.92. The lowest BCUT2D eigenvalue weighted by Gasteiger charge is -2.32. The molecule has 0 aliphatic carbocycles. The molecule has 0 aromatic carbocycles. The van der Waals surface area contributed by atoms with Crippen molar-refractivity contribution in [2.24, 2.45) is 11.8 Å². The number of aryl methyl sites for hydroxylation is 1. The smallest absolute Gasteiger partial charge is 0.228 e. The summed E-state index contributed by atoms with van der Waals surface area (Å²) in [6.45, 7) is 5.03. The Morgan fingerprint density at radius 3 is 2.44 bits per heavy atom. The molecule has 3 heterocycles. The van der Waals surface area contributed by atoms with E-state index in [4.69, 9.17) is 0 Å². The van der Waals surface area contributed by atoms with Crippen molar-refractivity contribution in [1.29, 1.82) is 0 Å². The summed E-state index contributed by atoms with van der Waals surface area (Å²) in [5.74, 6) is 0.933. The van der Waals surface area contributed by atoms with Crippen LogP contribution in [-0.4, -0.2) is 47.9 Å². The predicted octanol–water partition coefficient (Wildman–Crippen LogP) is 2.02. The molecule has 2 amide bonds. The number of hydrogen-bond donors (Lipinski definition) is 2. The SMILES string of the molecule is Cc1ccc(NC(=O)C2CCN(C(=O)C3CCNC3)CC2)nc1.Cl.Cl. The van der Waals surface area contributed by atoms with Crippen LogP contribution in [0.3, 0.4) is 0 Å². The standard InChI is InChI=1S/C17H24N4O2.2ClH/c1-12-2-3-15(19-10-12)20-16(22)13-5-8-21(9-6-13)17(23)14-4-7-18-11-14;;/h2-3,10,13-14,18H,4-9,11H2,1H3,(H,19,20,22);2*1H. The molecule has 2 saturated heterocycles. The van der Waals surface area contributed by atoms with Gasteiger partial charge in [0.15, 0.2) is 0 Å². The van der Waals surface area contributed by atoms with Gasteiger partial charge in [0.25, 0.3) is 0 Å². The van der Waals surface area contributed by atoms with Gasteiger partial charge >= 0.3 is 0 Å². The van der Waals surface area contributed by atoms with Crippen molar-refractivity contribution in [2.45, 2.75) is 26.2 Å². The molecule has 1 aromatic rings. The minimum Gasteiger partial charge on any atom is -0.342 e. The molecule has 0 spiro atoms. The Morgan fingerprint density at radius 2 is 1.88 bits per heavy atom. The van der Waals surface area contributed by atoms with Crippen LogP contribution < -0.4 is 10.6 Å². The number of amides is 2. The average Bonchev–Trinajstić information content (AvgIpc) is 3.11. The van der Waals surface area contributed by atoms with Crippen molar-refractivity contribution in [2.75, 3.05) is 31.5 Å². The Balaban J connectivity index is 0.00000156. The second-order valence-corrected chi connectivity index (χ2v) is 6.50. The third-order valence-corrected chi connectivity index (χ3v) is 4.75. The van der Waals surface area contributed by atoms with Gasteiger partial charge in [0.2, 0.25) is 11.8 Å². The van der Waals surface area contributed by atoms with Gasteiger partial charge in [-0.15, -0.1) is 24.8 Å². The molecule has 0 radical (unpaired) electrons. The predicted molar refractivity (Wildman–Crippen MR) is 102 cm³/mol. The van der Waals surface area contributed by atoms with E-state index in [9.17, 15) is 9.59 Å². The highest BCUT2D eigenvalue weighted by Gasteiger charge is 2.32. The van der Waals surface area contributed by atoms with E-state index >= 15 is 0 Å². The summed E-state index contributed by atoms with van der Waals surface area (Å²) in [5, 5.41) is 6.11. The summed E-state index contributed by atoms with van der Waals surface area (Å²) >= 11 is 0. The molecular formula is C17H26Cl2N4O2. The van der Waals surface area contributed by atoms with E-state index < -0.39 is 0 Å². The Bertz CT molecular complexity index is 569. The Morgan fingerprint density at radius 1 is 1.16 bits per heavy atom. The number of nitrogens with one attached hydrogen (secondary N) is 2. The van der Waals surface area contributed by atoms with Gasteiger partial charge in [-0.1, -0.05) is 6.07 Å². The van der Waals surface area contributed by atoms with Crippen LogP contribution in [0.15, 0.2) is 18.3 Å². The number of hydrogen-bond acceptors (Lipinski definition) is 4. The van der Waals surface area contributed by atoms with Crippen molar-refractivity contribution in [3.8, 4) is 0 Å². The first-order valence-corrected chi connectivity index (χ1v) is 8.36. The van der Waals surface area contributed by atoms with Gasteiger partial charge in [-0.3, -0.25) is 9.59 Å². The van der Waals surface area contributed by atoms with Gasteiger partial charge in [0, 0.05) is 31.7 Å². The highest BCUT2D eigenvalue weighted by atomic mass is 35.5. The summed E-state index contributed by atoms with van der Waals surface area (Å²) in [6.07, 6.45) is 4.12. The average molecular weight is 389 g/mol. The molecule has 1 aromatic heterocycles. The quantitative estimate of drug-likeness (QED) is 0.830. The highest BCUT2D eigenvalue weighted by Crippen LogP contribution is 2.22. The summed E-state index contributed by atoms with van der Waals surface area (Å²) in [5.41, 5.74) is 1.07. The summed E-state index contributed by atoms with van der Waals surface area (Å²) in [7, 11) is 0. The zero-order valence-electron chi connectivity index (χ0n) is 14.4. The number of carbonyl (C=O) groups is 2. The van der Waals surface area contributed by atoms with Crippen molar-refractivity contribution in [1.82, 2.24) is 15.2 Å². The second-order valence-electron chi connectivity index (χ2n) is 6.50. The molecule has 0 bridgehead atoms. The zero-order valence-corrected chi connectivity index (χ0v) is 16.0. The maximum absolute atomic E-state index is 12.4. The molecule has 6 nitrogen and oxygen atoms in total. The number of likely N-dealkylation sites (tertiary alicyclic amines) is 1. The van der Waals surface area contributed by atoms with Gasteiger partial charge in [0.1, 0.15) is 5.82 Å². The molecule has 1 atom stereocenters. The molecule has 2 aliphatic heterocycles. The molecular weight excluding hydrogens is 363 g/mol. The van der Waals surface area contributed by atoms with E-state index in [1.54, 1.807) is 6.20 Å². The fourth-order valence-electron chi connectivity index (χ4n) is 3.26. The van der Waals surface area contributed by atoms with Crippen LogP contribution in [0.4, 0.5) is 5.82 Å². The lowest BCUT2D eigenvalue weighted by molar-refractivity contribution is -0.137. The minimum absolute atomic E-state index is 0. The first-order chi connectivity index (χ1) is 11.1. The van der Waals surface area contributed by atoms with Gasteiger partial charge in [-0.2, -0.15) is 0 Å². The number of rotatable bonds is 3. The zero-order chi connectivity index (χ0) is 16.2. The normalized spacial score (nSPS) is 20.4. The van der Waals surface area contributed by atoms with Crippen molar-refractivity contribution in [3.05, 3.63) is 23.9 Å². The van der Waals surface area contributed by atoms with Gasteiger partial charge in [-0.05, 0) is 44.4 Å². The first-order valence-electron chi connectivity index (χ1n) is 8.36. The molecule has 2 aliphatic rings. The Kier molecular flexibility index (Phi) is 8.62. The number of piperidine rings is 1. The first kappa shape index (κ1) is 21.7. The number of pyridine rings is 1. The van der Waals surface area contributed by atoms with Crippen molar-refractivity contribution < 1.29 is 9.59 Å². The van der Waals surface area contributed by atoms with E-state index in [1.165, 1.54) is 0 Å². The van der Waals surface area contributed by atoms with E-state index in [-0.39, 0.29) is 48.5 Å². The van der Waals surface area contributed by atoms with Crippen LogP contribution in [0.1, 0.15) is 24.8 Å². The lowest BCUT2D eigenvalue weighted by atomic mass is 9.94. The Hall–Kier alpha value is -1.37. The van der Waals surface area contributed by atoms with Crippen LogP contribution in [0.2, 0.25) is 0 Å². The van der Waals surface area contributed by atoms with E-state index in [0.29, 0.717) is 18.9 Å². The van der Waals surface area contributed by atoms with Gasteiger partial charge < -0.3 is 15.5 Å². The van der Waals surface area contributed by atoms with Crippen LogP contribution in [0, 0.1) is 18.8 Å². The molecule has 3 rings (SSSR count). The minimum atomic E-state index is -0.0381. The summed E-state index contributed by atoms with van der Waals surface area (Å²) in [4.78, 5) is 30.8. The van der Waals surface area contributed by atoms with Crippen molar-refractivity contribution >= 4 is 42.4 Å².